The van der Waals surface area contributed by atoms with Gasteiger partial charge in [0.05, 0.1) is 7.11 Å². The first-order chi connectivity index (χ1) is 8.10. The van der Waals surface area contributed by atoms with Crippen LogP contribution in [0, 0.1) is 0 Å². The molecule has 0 atom stereocenters. The third-order valence-electron chi connectivity index (χ3n) is 2.23. The van der Waals surface area contributed by atoms with Gasteiger partial charge in [-0.05, 0) is 26.7 Å². The summed E-state index contributed by atoms with van der Waals surface area (Å²) in [5.74, 6) is 0.697. The molecule has 0 aliphatic heterocycles. The molecule has 0 heterocycles. The predicted octanol–water partition coefficient (Wildman–Crippen LogP) is 1.29. The molecule has 0 spiro atoms. The number of hydrogen-bond acceptors (Lipinski definition) is 3. The first kappa shape index (κ1) is 15.7. The zero-order valence-corrected chi connectivity index (χ0v) is 11.4. The molecule has 100 valence electrons. The zero-order valence-electron chi connectivity index (χ0n) is 11.4. The normalized spacial score (nSPS) is 11.5. The molecule has 5 nitrogen and oxygen atoms in total. The minimum Gasteiger partial charge on any atom is -0.469 e. The fourth-order valence-corrected chi connectivity index (χ4v) is 1.35. The van der Waals surface area contributed by atoms with Crippen molar-refractivity contribution in [2.24, 2.45) is 4.99 Å². The van der Waals surface area contributed by atoms with Crippen LogP contribution in [-0.4, -0.2) is 38.7 Å². The van der Waals surface area contributed by atoms with Crippen molar-refractivity contribution in [1.82, 2.24) is 10.6 Å². The minimum atomic E-state index is -0.129. The highest BCUT2D eigenvalue weighted by Crippen LogP contribution is 1.99. The van der Waals surface area contributed by atoms with E-state index >= 15 is 0 Å². The highest BCUT2D eigenvalue weighted by atomic mass is 16.5. The molecule has 5 heteroatoms. The Balaban J connectivity index is 3.47. The van der Waals surface area contributed by atoms with E-state index < -0.39 is 0 Å². The molecule has 0 unspecified atom stereocenters. The first-order valence-electron chi connectivity index (χ1n) is 6.14. The lowest BCUT2D eigenvalue weighted by Crippen LogP contribution is -2.41. The molecule has 0 aliphatic carbocycles. The fourth-order valence-electron chi connectivity index (χ4n) is 1.35. The zero-order chi connectivity index (χ0) is 13.1. The lowest BCUT2D eigenvalue weighted by atomic mass is 10.2. The van der Waals surface area contributed by atoms with E-state index in [1.165, 1.54) is 7.11 Å². The molecule has 0 aliphatic rings. The molecule has 0 aromatic carbocycles. The van der Waals surface area contributed by atoms with Gasteiger partial charge in [0, 0.05) is 26.1 Å². The number of rotatable bonds is 7. The van der Waals surface area contributed by atoms with Gasteiger partial charge in [-0.15, -0.1) is 0 Å². The second-order valence-electron chi connectivity index (χ2n) is 4.18. The number of esters is 1. The second-order valence-corrected chi connectivity index (χ2v) is 4.18. The molecular formula is C12H25N3O2. The van der Waals surface area contributed by atoms with Crippen molar-refractivity contribution in [2.75, 3.05) is 20.7 Å². The van der Waals surface area contributed by atoms with Crippen molar-refractivity contribution in [2.45, 2.75) is 45.6 Å². The van der Waals surface area contributed by atoms with Crippen molar-refractivity contribution < 1.29 is 9.53 Å². The number of ether oxygens (including phenoxy) is 1. The maximum absolute atomic E-state index is 10.9. The summed E-state index contributed by atoms with van der Waals surface area (Å²) in [6.45, 7) is 5.01. The third-order valence-corrected chi connectivity index (χ3v) is 2.23. The van der Waals surface area contributed by atoms with Crippen molar-refractivity contribution >= 4 is 11.9 Å². The van der Waals surface area contributed by atoms with Crippen molar-refractivity contribution in [3.63, 3.8) is 0 Å². The summed E-state index contributed by atoms with van der Waals surface area (Å²) in [5, 5.41) is 6.44. The number of carbonyl (C=O) groups is 1. The van der Waals surface area contributed by atoms with Crippen LogP contribution in [0.2, 0.25) is 0 Å². The number of nitrogens with zero attached hydrogens (tertiary/aromatic N) is 1. The third kappa shape index (κ3) is 9.66. The molecule has 0 saturated heterocycles. The van der Waals surface area contributed by atoms with Crippen LogP contribution in [-0.2, 0) is 9.53 Å². The average Bonchev–Trinajstić information content (AvgIpc) is 2.30. The lowest BCUT2D eigenvalue weighted by Gasteiger charge is -2.14. The fraction of sp³-hybridized carbons (Fsp3) is 0.833. The SMILES string of the molecule is CN=C(NCCCCCC(=O)OC)NC(C)C. The van der Waals surface area contributed by atoms with Crippen LogP contribution in [0.15, 0.2) is 4.99 Å². The van der Waals surface area contributed by atoms with Crippen LogP contribution in [0.3, 0.4) is 0 Å². The van der Waals surface area contributed by atoms with Crippen LogP contribution >= 0.6 is 0 Å². The summed E-state index contributed by atoms with van der Waals surface area (Å²) in [7, 11) is 3.18. The van der Waals surface area contributed by atoms with Gasteiger partial charge >= 0.3 is 5.97 Å². The van der Waals surface area contributed by atoms with Gasteiger partial charge in [0.2, 0.25) is 0 Å². The summed E-state index contributed by atoms with van der Waals surface area (Å²) in [6.07, 6.45) is 3.43. The topological polar surface area (TPSA) is 62.7 Å². The smallest absolute Gasteiger partial charge is 0.305 e. The van der Waals surface area contributed by atoms with Crippen LogP contribution < -0.4 is 10.6 Å². The van der Waals surface area contributed by atoms with Gasteiger partial charge in [-0.3, -0.25) is 9.79 Å². The Morgan fingerprint density at radius 1 is 1.29 bits per heavy atom. The van der Waals surface area contributed by atoms with Gasteiger partial charge in [-0.2, -0.15) is 0 Å². The van der Waals surface area contributed by atoms with Gasteiger partial charge in [0.25, 0.3) is 0 Å². The molecule has 0 rings (SSSR count). The molecule has 2 N–H and O–H groups in total. The Kier molecular flexibility index (Phi) is 9.19. The predicted molar refractivity (Wildman–Crippen MR) is 70.1 cm³/mol. The molecule has 0 aromatic heterocycles. The standard InChI is InChI=1S/C12H25N3O2/c1-10(2)15-12(13-3)14-9-7-5-6-8-11(16)17-4/h10H,5-9H2,1-4H3,(H2,13,14,15). The lowest BCUT2D eigenvalue weighted by molar-refractivity contribution is -0.140. The molecule has 0 bridgehead atoms. The van der Waals surface area contributed by atoms with E-state index in [2.05, 4.69) is 34.2 Å². The summed E-state index contributed by atoms with van der Waals surface area (Å²) in [6, 6.07) is 0.375. The number of carbonyl (C=O) groups excluding carboxylic acids is 1. The summed E-state index contributed by atoms with van der Waals surface area (Å²) in [5.41, 5.74) is 0. The number of methoxy groups -OCH3 is 1. The number of hydrogen-bond donors (Lipinski definition) is 2. The number of aliphatic imine (C=N–C) groups is 1. The Morgan fingerprint density at radius 2 is 2.00 bits per heavy atom. The van der Waals surface area contributed by atoms with E-state index in [9.17, 15) is 4.79 Å². The molecule has 0 saturated carbocycles. The molecule has 0 radical (unpaired) electrons. The van der Waals surface area contributed by atoms with Gasteiger partial charge in [0.1, 0.15) is 0 Å². The Hall–Kier alpha value is -1.26. The van der Waals surface area contributed by atoms with Crippen molar-refractivity contribution in [1.29, 1.82) is 0 Å². The summed E-state index contributed by atoms with van der Waals surface area (Å²) >= 11 is 0. The van der Waals surface area contributed by atoms with Gasteiger partial charge in [0.15, 0.2) is 5.96 Å². The van der Waals surface area contributed by atoms with Crippen molar-refractivity contribution in [3.8, 4) is 0 Å². The quantitative estimate of drug-likeness (QED) is 0.306. The van der Waals surface area contributed by atoms with E-state index in [1.54, 1.807) is 7.05 Å². The molecule has 0 fully saturated rings. The number of unbranched alkanes of at least 4 members (excludes halogenated alkanes) is 2. The molecular weight excluding hydrogens is 218 g/mol. The van der Waals surface area contributed by atoms with E-state index in [0.717, 1.165) is 31.8 Å². The van der Waals surface area contributed by atoms with Crippen molar-refractivity contribution in [3.05, 3.63) is 0 Å². The van der Waals surface area contributed by atoms with Gasteiger partial charge < -0.3 is 15.4 Å². The Labute approximate surface area is 104 Å². The Morgan fingerprint density at radius 3 is 2.53 bits per heavy atom. The van der Waals surface area contributed by atoms with Crippen LogP contribution in [0.25, 0.3) is 0 Å². The minimum absolute atomic E-state index is 0.129. The average molecular weight is 243 g/mol. The molecule has 0 aromatic rings. The van der Waals surface area contributed by atoms with Crippen LogP contribution in [0.5, 0.6) is 0 Å². The van der Waals surface area contributed by atoms with Gasteiger partial charge in [-0.1, -0.05) is 6.42 Å². The number of nitrogens with one attached hydrogen (secondary N) is 2. The van der Waals surface area contributed by atoms with Crippen LogP contribution in [0.4, 0.5) is 0 Å². The van der Waals surface area contributed by atoms with E-state index in [4.69, 9.17) is 0 Å². The monoisotopic (exact) mass is 243 g/mol. The van der Waals surface area contributed by atoms with E-state index in [-0.39, 0.29) is 5.97 Å². The number of guanidine groups is 1. The highest BCUT2D eigenvalue weighted by Gasteiger charge is 2.00. The molecule has 0 amide bonds. The second kappa shape index (κ2) is 9.93. The summed E-state index contributed by atoms with van der Waals surface area (Å²) < 4.78 is 4.57. The maximum Gasteiger partial charge on any atom is 0.305 e. The molecule has 17 heavy (non-hydrogen) atoms. The van der Waals surface area contributed by atoms with Gasteiger partial charge in [-0.25, -0.2) is 0 Å². The summed E-state index contributed by atoms with van der Waals surface area (Å²) in [4.78, 5) is 15.0. The Bertz CT molecular complexity index is 240. The van der Waals surface area contributed by atoms with E-state index in [0.29, 0.717) is 12.5 Å². The first-order valence-corrected chi connectivity index (χ1v) is 6.14. The largest absolute Gasteiger partial charge is 0.469 e. The highest BCUT2D eigenvalue weighted by molar-refractivity contribution is 5.79. The van der Waals surface area contributed by atoms with E-state index in [1.807, 2.05) is 0 Å². The maximum atomic E-state index is 10.9. The van der Waals surface area contributed by atoms with Crippen LogP contribution in [0.1, 0.15) is 39.5 Å².